The van der Waals surface area contributed by atoms with Crippen LogP contribution < -0.4 is 5.32 Å². The molecule has 1 amide bonds. The fourth-order valence-electron chi connectivity index (χ4n) is 3.43. The summed E-state index contributed by atoms with van der Waals surface area (Å²) in [6.07, 6.45) is 12.7. The second-order valence-corrected chi connectivity index (χ2v) is 7.13. The highest BCUT2D eigenvalue weighted by Crippen LogP contribution is 2.47. The van der Waals surface area contributed by atoms with Crippen LogP contribution in [0.4, 0.5) is 5.95 Å². The summed E-state index contributed by atoms with van der Waals surface area (Å²) >= 11 is 0. The van der Waals surface area contributed by atoms with Crippen LogP contribution in [0.1, 0.15) is 48.5 Å². The van der Waals surface area contributed by atoms with Gasteiger partial charge in [-0.15, -0.1) is 0 Å². The Morgan fingerprint density at radius 1 is 1.20 bits per heavy atom. The largest absolute Gasteiger partial charge is 0.345 e. The van der Waals surface area contributed by atoms with Gasteiger partial charge < -0.3 is 10.2 Å². The summed E-state index contributed by atoms with van der Waals surface area (Å²) in [5.74, 6) is 1.11. The third-order valence-corrected chi connectivity index (χ3v) is 5.06. The van der Waals surface area contributed by atoms with Gasteiger partial charge in [-0.05, 0) is 31.6 Å². The van der Waals surface area contributed by atoms with Gasteiger partial charge in [0.05, 0.1) is 11.1 Å². The molecular formula is C18H22N6O. The molecule has 0 aromatic carbocycles. The minimum atomic E-state index is -0.172. The summed E-state index contributed by atoms with van der Waals surface area (Å²) in [6.45, 7) is 3.82. The van der Waals surface area contributed by atoms with Crippen LogP contribution in [-0.4, -0.2) is 43.8 Å². The maximum absolute atomic E-state index is 12.6. The lowest BCUT2D eigenvalue weighted by molar-refractivity contribution is 0.0682. The Hall–Kier alpha value is -2.57. The van der Waals surface area contributed by atoms with Crippen LogP contribution in [0.2, 0.25) is 0 Å². The molecule has 1 saturated heterocycles. The van der Waals surface area contributed by atoms with Gasteiger partial charge in [0.15, 0.2) is 0 Å². The van der Waals surface area contributed by atoms with Gasteiger partial charge in [0.25, 0.3) is 5.91 Å². The van der Waals surface area contributed by atoms with Gasteiger partial charge in [-0.2, -0.15) is 0 Å². The Morgan fingerprint density at radius 2 is 1.92 bits per heavy atom. The van der Waals surface area contributed by atoms with Crippen LogP contribution in [0, 0.1) is 5.92 Å². The van der Waals surface area contributed by atoms with E-state index in [-0.39, 0.29) is 11.4 Å². The first-order valence-electron chi connectivity index (χ1n) is 8.81. The number of aromatic nitrogens is 4. The van der Waals surface area contributed by atoms with Crippen molar-refractivity contribution in [3.05, 3.63) is 42.2 Å². The lowest BCUT2D eigenvalue weighted by Crippen LogP contribution is -2.39. The van der Waals surface area contributed by atoms with E-state index in [1.54, 1.807) is 12.4 Å². The van der Waals surface area contributed by atoms with Gasteiger partial charge in [-0.3, -0.25) is 4.79 Å². The Labute approximate surface area is 146 Å². The first-order chi connectivity index (χ1) is 12.2. The number of piperidine rings is 1. The van der Waals surface area contributed by atoms with E-state index in [0.717, 1.165) is 37.9 Å². The van der Waals surface area contributed by atoms with Crippen molar-refractivity contribution in [3.63, 3.8) is 0 Å². The molecule has 1 atom stereocenters. The molecule has 0 bridgehead atoms. The van der Waals surface area contributed by atoms with Crippen LogP contribution in [0.5, 0.6) is 0 Å². The first-order valence-corrected chi connectivity index (χ1v) is 8.81. The molecule has 25 heavy (non-hydrogen) atoms. The summed E-state index contributed by atoms with van der Waals surface area (Å²) in [4.78, 5) is 31.4. The van der Waals surface area contributed by atoms with Crippen molar-refractivity contribution in [2.24, 2.45) is 5.92 Å². The quantitative estimate of drug-likeness (QED) is 0.920. The maximum atomic E-state index is 12.6. The van der Waals surface area contributed by atoms with Crippen molar-refractivity contribution in [2.75, 3.05) is 18.4 Å². The SMILES string of the molecule is C[C@H]1CCCN(C(=O)c2cnc(NC3(c4cncnc4)CC3)nc2)C1. The Balaban J connectivity index is 1.45. The Morgan fingerprint density at radius 3 is 2.56 bits per heavy atom. The monoisotopic (exact) mass is 338 g/mol. The zero-order valence-corrected chi connectivity index (χ0v) is 14.4. The van der Waals surface area contributed by atoms with Crippen LogP contribution in [0.25, 0.3) is 0 Å². The van der Waals surface area contributed by atoms with E-state index in [0.29, 0.717) is 17.4 Å². The number of anilines is 1. The highest BCUT2D eigenvalue weighted by Gasteiger charge is 2.45. The van der Waals surface area contributed by atoms with E-state index in [2.05, 4.69) is 32.2 Å². The molecule has 2 fully saturated rings. The van der Waals surface area contributed by atoms with Crippen molar-refractivity contribution in [3.8, 4) is 0 Å². The minimum Gasteiger partial charge on any atom is -0.345 e. The fraction of sp³-hybridized carbons (Fsp3) is 0.500. The zero-order valence-electron chi connectivity index (χ0n) is 14.4. The molecule has 0 unspecified atom stereocenters. The molecule has 1 saturated carbocycles. The van der Waals surface area contributed by atoms with E-state index in [1.165, 1.54) is 12.7 Å². The van der Waals surface area contributed by atoms with Crippen molar-refractivity contribution in [1.29, 1.82) is 0 Å². The maximum Gasteiger partial charge on any atom is 0.257 e. The lowest BCUT2D eigenvalue weighted by atomic mass is 10.00. The van der Waals surface area contributed by atoms with Crippen LogP contribution in [0.3, 0.4) is 0 Å². The normalized spacial score (nSPS) is 21.6. The Kier molecular flexibility index (Phi) is 4.07. The molecule has 130 valence electrons. The van der Waals surface area contributed by atoms with Crippen molar-refractivity contribution < 1.29 is 4.79 Å². The first kappa shape index (κ1) is 15.9. The van der Waals surface area contributed by atoms with Gasteiger partial charge in [0.2, 0.25) is 5.95 Å². The third-order valence-electron chi connectivity index (χ3n) is 5.06. The topological polar surface area (TPSA) is 83.9 Å². The van der Waals surface area contributed by atoms with Crippen molar-refractivity contribution >= 4 is 11.9 Å². The van der Waals surface area contributed by atoms with Gasteiger partial charge in [-0.1, -0.05) is 6.92 Å². The molecule has 7 nitrogen and oxygen atoms in total. The molecule has 1 aliphatic heterocycles. The number of likely N-dealkylation sites (tertiary alicyclic amines) is 1. The third kappa shape index (κ3) is 3.31. The average Bonchev–Trinajstić information content (AvgIpc) is 3.43. The fourth-order valence-corrected chi connectivity index (χ4v) is 3.43. The van der Waals surface area contributed by atoms with E-state index >= 15 is 0 Å². The van der Waals surface area contributed by atoms with Gasteiger partial charge in [-0.25, -0.2) is 19.9 Å². The number of nitrogens with one attached hydrogen (secondary N) is 1. The molecule has 0 radical (unpaired) electrons. The summed E-state index contributed by atoms with van der Waals surface area (Å²) in [5.41, 5.74) is 1.42. The number of amides is 1. The van der Waals surface area contributed by atoms with Crippen LogP contribution >= 0.6 is 0 Å². The number of carbonyl (C=O) groups is 1. The molecule has 4 rings (SSSR count). The van der Waals surface area contributed by atoms with E-state index < -0.39 is 0 Å². The molecule has 7 heteroatoms. The average molecular weight is 338 g/mol. The van der Waals surface area contributed by atoms with Gasteiger partial charge in [0, 0.05) is 43.4 Å². The highest BCUT2D eigenvalue weighted by atomic mass is 16.2. The molecule has 1 N–H and O–H groups in total. The van der Waals surface area contributed by atoms with Crippen molar-refractivity contribution in [2.45, 2.75) is 38.1 Å². The summed E-state index contributed by atoms with van der Waals surface area (Å²) in [7, 11) is 0. The number of carbonyl (C=O) groups excluding carboxylic acids is 1. The van der Waals surface area contributed by atoms with Crippen LogP contribution in [0.15, 0.2) is 31.1 Å². The van der Waals surface area contributed by atoms with Gasteiger partial charge in [0.1, 0.15) is 6.33 Å². The number of hydrogen-bond donors (Lipinski definition) is 1. The van der Waals surface area contributed by atoms with E-state index in [4.69, 9.17) is 0 Å². The second kappa shape index (κ2) is 6.38. The summed E-state index contributed by atoms with van der Waals surface area (Å²) in [5, 5.41) is 3.37. The van der Waals surface area contributed by atoms with E-state index in [9.17, 15) is 4.79 Å². The Bertz CT molecular complexity index is 744. The van der Waals surface area contributed by atoms with Crippen molar-refractivity contribution in [1.82, 2.24) is 24.8 Å². The predicted octanol–water partition coefficient (Wildman–Crippen LogP) is 2.24. The lowest BCUT2D eigenvalue weighted by Gasteiger charge is -2.30. The smallest absolute Gasteiger partial charge is 0.257 e. The molecule has 2 aliphatic rings. The van der Waals surface area contributed by atoms with E-state index in [1.807, 2.05) is 17.3 Å². The highest BCUT2D eigenvalue weighted by molar-refractivity contribution is 5.93. The second-order valence-electron chi connectivity index (χ2n) is 7.13. The molecule has 2 aromatic heterocycles. The van der Waals surface area contributed by atoms with Gasteiger partial charge >= 0.3 is 0 Å². The molecular weight excluding hydrogens is 316 g/mol. The molecule has 3 heterocycles. The molecule has 0 spiro atoms. The standard InChI is InChI=1S/C18H22N6O/c1-13-3-2-6-24(11-13)16(25)14-7-21-17(22-8-14)23-18(4-5-18)15-9-19-12-20-10-15/h7-10,12-13H,2-6,11H2,1H3,(H,21,22,23)/t13-/m0/s1. The molecule has 2 aromatic rings. The summed E-state index contributed by atoms with van der Waals surface area (Å²) < 4.78 is 0. The predicted molar refractivity (Wildman–Crippen MR) is 92.9 cm³/mol. The number of nitrogens with zero attached hydrogens (tertiary/aromatic N) is 5. The number of rotatable bonds is 4. The molecule has 1 aliphatic carbocycles. The number of hydrogen-bond acceptors (Lipinski definition) is 6. The minimum absolute atomic E-state index is 0.0238. The summed E-state index contributed by atoms with van der Waals surface area (Å²) in [6, 6.07) is 0. The zero-order chi connectivity index (χ0) is 17.3. The van der Waals surface area contributed by atoms with Crippen LogP contribution in [-0.2, 0) is 5.54 Å².